The molecule has 1 saturated carbocycles. The predicted molar refractivity (Wildman–Crippen MR) is 35.5 cm³/mol. The van der Waals surface area contributed by atoms with Gasteiger partial charge in [0, 0.05) is 0 Å². The third-order valence-electron chi connectivity index (χ3n) is 2.09. The van der Waals surface area contributed by atoms with Crippen molar-refractivity contribution in [1.82, 2.24) is 0 Å². The molecule has 0 aliphatic heterocycles. The van der Waals surface area contributed by atoms with E-state index in [0.717, 1.165) is 12.8 Å². The van der Waals surface area contributed by atoms with Crippen LogP contribution in [0.4, 0.5) is 0 Å². The van der Waals surface area contributed by atoms with Gasteiger partial charge in [-0.05, 0) is 19.3 Å². The van der Waals surface area contributed by atoms with Crippen molar-refractivity contribution >= 4 is 6.29 Å². The normalized spacial score (nSPS) is 41.2. The number of aliphatic hydroxyl groups is 2. The molecule has 1 fully saturated rings. The third-order valence-corrected chi connectivity index (χ3v) is 2.09. The van der Waals surface area contributed by atoms with Crippen molar-refractivity contribution in [3.8, 4) is 0 Å². The van der Waals surface area contributed by atoms with Gasteiger partial charge in [-0.2, -0.15) is 0 Å². The number of carbonyl (C=O) groups is 1. The lowest BCUT2D eigenvalue weighted by molar-refractivity contribution is -0.142. The first-order valence-electron chi connectivity index (χ1n) is 3.56. The summed E-state index contributed by atoms with van der Waals surface area (Å²) in [6, 6.07) is 0. The van der Waals surface area contributed by atoms with E-state index in [1.807, 2.05) is 0 Å². The molecule has 0 spiro atoms. The van der Waals surface area contributed by atoms with Crippen molar-refractivity contribution < 1.29 is 15.0 Å². The highest BCUT2D eigenvalue weighted by Gasteiger charge is 2.37. The summed E-state index contributed by atoms with van der Waals surface area (Å²) in [4.78, 5) is 10.3. The molecule has 2 N–H and O–H groups in total. The molecule has 1 rings (SSSR count). The van der Waals surface area contributed by atoms with Crippen molar-refractivity contribution in [2.45, 2.75) is 37.4 Å². The molecular weight excluding hydrogens is 132 g/mol. The Hall–Kier alpha value is -0.410. The van der Waals surface area contributed by atoms with Crippen molar-refractivity contribution in [3.63, 3.8) is 0 Å². The van der Waals surface area contributed by atoms with E-state index in [0.29, 0.717) is 19.1 Å². The second kappa shape index (κ2) is 2.68. The van der Waals surface area contributed by atoms with Gasteiger partial charge in [0.15, 0.2) is 6.29 Å². The summed E-state index contributed by atoms with van der Waals surface area (Å²) >= 11 is 0. The van der Waals surface area contributed by atoms with Crippen LogP contribution < -0.4 is 0 Å². The summed E-state index contributed by atoms with van der Waals surface area (Å²) in [5, 5.41) is 18.5. The summed E-state index contributed by atoms with van der Waals surface area (Å²) in [5.74, 6) is 0. The zero-order valence-corrected chi connectivity index (χ0v) is 5.79. The van der Waals surface area contributed by atoms with Crippen LogP contribution in [0.2, 0.25) is 0 Å². The largest absolute Gasteiger partial charge is 0.390 e. The highest BCUT2D eigenvalue weighted by Crippen LogP contribution is 2.26. The van der Waals surface area contributed by atoms with E-state index in [2.05, 4.69) is 0 Å². The molecule has 3 nitrogen and oxygen atoms in total. The quantitative estimate of drug-likeness (QED) is 0.503. The van der Waals surface area contributed by atoms with Crippen LogP contribution in [-0.2, 0) is 4.79 Å². The first kappa shape index (κ1) is 7.69. The number of carbonyl (C=O) groups excluding carboxylic acids is 1. The van der Waals surface area contributed by atoms with E-state index in [4.69, 9.17) is 5.11 Å². The molecule has 1 aliphatic rings. The predicted octanol–water partition coefficient (Wildman–Crippen LogP) is -0.149. The smallest absolute Gasteiger partial charge is 0.154 e. The number of hydrogen-bond acceptors (Lipinski definition) is 3. The van der Waals surface area contributed by atoms with Crippen LogP contribution in [0.3, 0.4) is 0 Å². The SMILES string of the molecule is O=C[C@]1(O)CCCC[C@@H]1O. The molecule has 58 valence electrons. The fraction of sp³-hybridized carbons (Fsp3) is 0.857. The lowest BCUT2D eigenvalue weighted by Gasteiger charge is -2.31. The third kappa shape index (κ3) is 1.20. The highest BCUT2D eigenvalue weighted by molar-refractivity contribution is 5.63. The van der Waals surface area contributed by atoms with Gasteiger partial charge in [0.1, 0.15) is 5.60 Å². The summed E-state index contributed by atoms with van der Waals surface area (Å²) in [7, 11) is 0. The molecule has 0 saturated heterocycles. The van der Waals surface area contributed by atoms with Gasteiger partial charge in [0.25, 0.3) is 0 Å². The standard InChI is InChI=1S/C7H12O3/c8-5-7(10)4-2-1-3-6(7)9/h5-6,9-10H,1-4H2/t6-,7+/m0/s1. The topological polar surface area (TPSA) is 57.5 Å². The second-order valence-corrected chi connectivity index (χ2v) is 2.87. The maximum Gasteiger partial charge on any atom is 0.154 e. The van der Waals surface area contributed by atoms with Gasteiger partial charge < -0.3 is 15.0 Å². The Morgan fingerprint density at radius 2 is 2.20 bits per heavy atom. The molecule has 1 aliphatic carbocycles. The Balaban J connectivity index is 2.62. The van der Waals surface area contributed by atoms with Gasteiger partial charge in [-0.1, -0.05) is 6.42 Å². The van der Waals surface area contributed by atoms with Gasteiger partial charge in [-0.15, -0.1) is 0 Å². The molecule has 0 bridgehead atoms. The van der Waals surface area contributed by atoms with Crippen LogP contribution in [0.25, 0.3) is 0 Å². The molecule has 0 radical (unpaired) electrons. The van der Waals surface area contributed by atoms with E-state index in [1.165, 1.54) is 0 Å². The maximum atomic E-state index is 10.3. The van der Waals surface area contributed by atoms with Crippen LogP contribution in [0.1, 0.15) is 25.7 Å². The summed E-state index contributed by atoms with van der Waals surface area (Å²) in [5.41, 5.74) is -1.45. The molecule has 2 atom stereocenters. The van der Waals surface area contributed by atoms with Crippen LogP contribution in [0, 0.1) is 0 Å². The maximum absolute atomic E-state index is 10.3. The number of aldehydes is 1. The average molecular weight is 144 g/mol. The van der Waals surface area contributed by atoms with E-state index in [9.17, 15) is 9.90 Å². The van der Waals surface area contributed by atoms with Gasteiger partial charge >= 0.3 is 0 Å². The molecule has 0 aromatic carbocycles. The van der Waals surface area contributed by atoms with E-state index >= 15 is 0 Å². The monoisotopic (exact) mass is 144 g/mol. The minimum absolute atomic E-state index is 0.400. The number of hydrogen-bond donors (Lipinski definition) is 2. The molecule has 3 heteroatoms. The van der Waals surface area contributed by atoms with Gasteiger partial charge in [0.05, 0.1) is 6.10 Å². The lowest BCUT2D eigenvalue weighted by Crippen LogP contribution is -2.46. The van der Waals surface area contributed by atoms with Gasteiger partial charge in [-0.3, -0.25) is 0 Å². The van der Waals surface area contributed by atoms with Crippen molar-refractivity contribution in [3.05, 3.63) is 0 Å². The molecule has 0 aromatic rings. The average Bonchev–Trinajstić information content (AvgIpc) is 1.96. The number of rotatable bonds is 1. The number of aliphatic hydroxyl groups excluding tert-OH is 1. The molecule has 0 amide bonds. The molecule has 0 aromatic heterocycles. The first-order chi connectivity index (χ1) is 4.69. The van der Waals surface area contributed by atoms with Gasteiger partial charge in [-0.25, -0.2) is 0 Å². The summed E-state index contributed by atoms with van der Waals surface area (Å²) in [6.45, 7) is 0. The molecular formula is C7H12O3. The minimum Gasteiger partial charge on any atom is -0.390 e. The van der Waals surface area contributed by atoms with Crippen molar-refractivity contribution in [2.24, 2.45) is 0 Å². The zero-order valence-electron chi connectivity index (χ0n) is 5.79. The summed E-state index contributed by atoms with van der Waals surface area (Å²) in [6.07, 6.45) is 2.27. The van der Waals surface area contributed by atoms with E-state index in [-0.39, 0.29) is 0 Å². The highest BCUT2D eigenvalue weighted by atomic mass is 16.3. The zero-order chi connectivity index (χ0) is 7.61. The first-order valence-corrected chi connectivity index (χ1v) is 3.56. The Labute approximate surface area is 59.7 Å². The molecule has 0 heterocycles. The fourth-order valence-electron chi connectivity index (χ4n) is 1.30. The molecule has 10 heavy (non-hydrogen) atoms. The Morgan fingerprint density at radius 3 is 2.60 bits per heavy atom. The van der Waals surface area contributed by atoms with Crippen LogP contribution in [-0.4, -0.2) is 28.2 Å². The van der Waals surface area contributed by atoms with Crippen molar-refractivity contribution in [1.29, 1.82) is 0 Å². The van der Waals surface area contributed by atoms with Crippen molar-refractivity contribution in [2.75, 3.05) is 0 Å². The Kier molecular flexibility index (Phi) is 2.06. The van der Waals surface area contributed by atoms with Gasteiger partial charge in [0.2, 0.25) is 0 Å². The van der Waals surface area contributed by atoms with E-state index < -0.39 is 11.7 Å². The second-order valence-electron chi connectivity index (χ2n) is 2.87. The molecule has 0 unspecified atom stereocenters. The fourth-order valence-corrected chi connectivity index (χ4v) is 1.30. The Bertz CT molecular complexity index is 135. The van der Waals surface area contributed by atoms with Crippen LogP contribution in [0.5, 0.6) is 0 Å². The van der Waals surface area contributed by atoms with Crippen LogP contribution in [0.15, 0.2) is 0 Å². The summed E-state index contributed by atoms with van der Waals surface area (Å²) < 4.78 is 0. The van der Waals surface area contributed by atoms with Crippen LogP contribution >= 0.6 is 0 Å². The van der Waals surface area contributed by atoms with E-state index in [1.54, 1.807) is 0 Å². The Morgan fingerprint density at radius 1 is 1.50 bits per heavy atom. The lowest BCUT2D eigenvalue weighted by atomic mass is 9.83. The minimum atomic E-state index is -1.45.